The minimum absolute atomic E-state index is 0.0109. The summed E-state index contributed by atoms with van der Waals surface area (Å²) in [5.41, 5.74) is 8.50. The molecule has 0 aliphatic carbocycles. The van der Waals surface area contributed by atoms with Crippen LogP contribution in [-0.4, -0.2) is 29.9 Å². The van der Waals surface area contributed by atoms with Crippen molar-refractivity contribution in [3.05, 3.63) is 59.2 Å². The van der Waals surface area contributed by atoms with Gasteiger partial charge >= 0.3 is 0 Å². The fraction of sp³-hybridized carbons (Fsp3) is 0.273. The monoisotopic (exact) mass is 442 g/mol. The molecule has 0 radical (unpaired) electrons. The Bertz CT molecular complexity index is 960. The first kappa shape index (κ1) is 23.8. The number of hydrazine groups is 1. The Kier molecular flexibility index (Phi) is 8.95. The van der Waals surface area contributed by atoms with Gasteiger partial charge in [-0.2, -0.15) is 0 Å². The Hall–Kier alpha value is -3.46. The van der Waals surface area contributed by atoms with Crippen molar-refractivity contribution in [1.82, 2.24) is 16.2 Å². The third-order valence-corrected chi connectivity index (χ3v) is 4.67. The van der Waals surface area contributed by atoms with Crippen LogP contribution in [0.3, 0.4) is 0 Å². The van der Waals surface area contributed by atoms with Gasteiger partial charge < -0.3 is 15.4 Å². The summed E-state index contributed by atoms with van der Waals surface area (Å²) in [6.45, 7) is 3.95. The number of anilines is 1. The molecule has 0 unspecified atom stereocenters. The van der Waals surface area contributed by atoms with Gasteiger partial charge in [0.05, 0.1) is 13.5 Å². The Morgan fingerprint density at radius 2 is 1.55 bits per heavy atom. The van der Waals surface area contributed by atoms with E-state index in [2.05, 4.69) is 21.5 Å². The van der Waals surface area contributed by atoms with E-state index in [0.29, 0.717) is 11.4 Å². The molecule has 2 aromatic rings. The normalized spacial score (nSPS) is 10.0. The molecule has 0 fully saturated rings. The Morgan fingerprint density at radius 1 is 0.871 bits per heavy atom. The van der Waals surface area contributed by atoms with E-state index in [1.54, 1.807) is 31.4 Å². The van der Waals surface area contributed by atoms with E-state index in [4.69, 9.17) is 17.0 Å². The van der Waals surface area contributed by atoms with Crippen LogP contribution >= 0.6 is 12.2 Å². The summed E-state index contributed by atoms with van der Waals surface area (Å²) in [5.74, 6) is -0.327. The predicted molar refractivity (Wildman–Crippen MR) is 122 cm³/mol. The Balaban J connectivity index is 1.66. The maximum atomic E-state index is 12.0. The van der Waals surface area contributed by atoms with Gasteiger partial charge in [0.2, 0.25) is 17.7 Å². The van der Waals surface area contributed by atoms with E-state index in [9.17, 15) is 14.4 Å². The maximum Gasteiger partial charge on any atom is 0.238 e. The summed E-state index contributed by atoms with van der Waals surface area (Å²) >= 11 is 4.99. The molecule has 0 aromatic heterocycles. The minimum Gasteiger partial charge on any atom is -0.497 e. The van der Waals surface area contributed by atoms with E-state index in [1.807, 2.05) is 32.0 Å². The molecule has 0 saturated heterocycles. The topological polar surface area (TPSA) is 109 Å². The van der Waals surface area contributed by atoms with Crippen molar-refractivity contribution in [2.45, 2.75) is 33.1 Å². The smallest absolute Gasteiger partial charge is 0.238 e. The number of amides is 3. The lowest BCUT2D eigenvalue weighted by Gasteiger charge is -2.11. The van der Waals surface area contributed by atoms with Gasteiger partial charge in [-0.05, 0) is 67.0 Å². The molecular formula is C22H26N4O4S. The Labute approximate surface area is 186 Å². The molecule has 0 aliphatic rings. The molecule has 4 N–H and O–H groups in total. The molecule has 3 amide bonds. The van der Waals surface area contributed by atoms with Gasteiger partial charge in [0, 0.05) is 18.5 Å². The van der Waals surface area contributed by atoms with E-state index < -0.39 is 5.91 Å². The summed E-state index contributed by atoms with van der Waals surface area (Å²) in [7, 11) is 1.57. The van der Waals surface area contributed by atoms with Gasteiger partial charge in [0.25, 0.3) is 0 Å². The molecule has 0 bridgehead atoms. The SMILES string of the molecule is COc1ccc(CC(=O)NC(=S)NNC(=O)CCC(=O)Nc2ccc(C)c(C)c2)cc1. The second-order valence-corrected chi connectivity index (χ2v) is 7.33. The third kappa shape index (κ3) is 8.43. The number of rotatable bonds is 7. The van der Waals surface area contributed by atoms with Crippen molar-refractivity contribution >= 4 is 40.7 Å². The number of hydrogen-bond donors (Lipinski definition) is 4. The first-order chi connectivity index (χ1) is 14.8. The molecule has 9 heteroatoms. The molecule has 0 saturated carbocycles. The van der Waals surface area contributed by atoms with Crippen molar-refractivity contribution < 1.29 is 19.1 Å². The van der Waals surface area contributed by atoms with Gasteiger partial charge in [-0.3, -0.25) is 25.2 Å². The van der Waals surface area contributed by atoms with Crippen molar-refractivity contribution in [2.75, 3.05) is 12.4 Å². The lowest BCUT2D eigenvalue weighted by Crippen LogP contribution is -2.48. The van der Waals surface area contributed by atoms with Crippen molar-refractivity contribution in [1.29, 1.82) is 0 Å². The lowest BCUT2D eigenvalue weighted by molar-refractivity contribution is -0.124. The second-order valence-electron chi connectivity index (χ2n) is 6.92. The quantitative estimate of drug-likeness (QED) is 0.387. The van der Waals surface area contributed by atoms with Crippen LogP contribution < -0.4 is 26.2 Å². The first-order valence-electron chi connectivity index (χ1n) is 9.65. The fourth-order valence-electron chi connectivity index (χ4n) is 2.59. The molecule has 8 nitrogen and oxygen atoms in total. The number of carbonyl (C=O) groups excluding carboxylic acids is 3. The molecule has 2 aromatic carbocycles. The summed E-state index contributed by atoms with van der Waals surface area (Å²) in [6, 6.07) is 12.7. The Morgan fingerprint density at radius 3 is 2.19 bits per heavy atom. The number of nitrogens with one attached hydrogen (secondary N) is 4. The lowest BCUT2D eigenvalue weighted by atomic mass is 10.1. The van der Waals surface area contributed by atoms with Gasteiger partial charge in [0.1, 0.15) is 5.75 Å². The average molecular weight is 443 g/mol. The fourth-order valence-corrected chi connectivity index (χ4v) is 2.75. The van der Waals surface area contributed by atoms with Crippen LogP contribution in [0, 0.1) is 13.8 Å². The highest BCUT2D eigenvalue weighted by Crippen LogP contribution is 2.14. The molecular weight excluding hydrogens is 416 g/mol. The van der Waals surface area contributed by atoms with Gasteiger partial charge in [-0.15, -0.1) is 0 Å². The standard InChI is InChI=1S/C22H26N4O4S/c1-14-4-7-17(12-15(14)2)23-19(27)10-11-20(28)25-26-22(31)24-21(29)13-16-5-8-18(30-3)9-6-16/h4-9,12H,10-11,13H2,1-3H3,(H,23,27)(H,25,28)(H2,24,26,29,31). The highest BCUT2D eigenvalue weighted by molar-refractivity contribution is 7.80. The van der Waals surface area contributed by atoms with Crippen molar-refractivity contribution in [3.63, 3.8) is 0 Å². The van der Waals surface area contributed by atoms with E-state index >= 15 is 0 Å². The summed E-state index contributed by atoms with van der Waals surface area (Å²) in [5, 5.41) is 5.20. The van der Waals surface area contributed by atoms with Gasteiger partial charge in [-0.1, -0.05) is 18.2 Å². The summed E-state index contributed by atoms with van der Waals surface area (Å²) in [4.78, 5) is 35.9. The molecule has 0 atom stereocenters. The van der Waals surface area contributed by atoms with Crippen LogP contribution in [0.5, 0.6) is 5.75 Å². The predicted octanol–water partition coefficient (Wildman–Crippen LogP) is 2.30. The minimum atomic E-state index is -0.429. The number of carbonyl (C=O) groups is 3. The number of hydrogen-bond acceptors (Lipinski definition) is 5. The van der Waals surface area contributed by atoms with Crippen LogP contribution in [0.1, 0.15) is 29.5 Å². The third-order valence-electron chi connectivity index (χ3n) is 4.46. The number of benzene rings is 2. The van der Waals surface area contributed by atoms with Crippen LogP contribution in [0.4, 0.5) is 5.69 Å². The first-order valence-corrected chi connectivity index (χ1v) is 10.1. The highest BCUT2D eigenvalue weighted by Gasteiger charge is 2.10. The summed E-state index contributed by atoms with van der Waals surface area (Å²) < 4.78 is 5.07. The van der Waals surface area contributed by atoms with E-state index in [-0.39, 0.29) is 36.2 Å². The molecule has 164 valence electrons. The van der Waals surface area contributed by atoms with E-state index in [1.165, 1.54) is 0 Å². The zero-order valence-electron chi connectivity index (χ0n) is 17.7. The number of thiocarbonyl (C=S) groups is 1. The van der Waals surface area contributed by atoms with Crippen LogP contribution in [0.15, 0.2) is 42.5 Å². The largest absolute Gasteiger partial charge is 0.497 e. The number of aryl methyl sites for hydroxylation is 2. The van der Waals surface area contributed by atoms with Gasteiger partial charge in [-0.25, -0.2) is 0 Å². The van der Waals surface area contributed by atoms with Crippen LogP contribution in [-0.2, 0) is 20.8 Å². The average Bonchev–Trinajstić information content (AvgIpc) is 2.74. The molecule has 0 heterocycles. The highest BCUT2D eigenvalue weighted by atomic mass is 32.1. The number of methoxy groups -OCH3 is 1. The van der Waals surface area contributed by atoms with E-state index in [0.717, 1.165) is 16.7 Å². The molecule has 0 aliphatic heterocycles. The molecule has 31 heavy (non-hydrogen) atoms. The molecule has 2 rings (SSSR count). The second kappa shape index (κ2) is 11.7. The number of ether oxygens (including phenoxy) is 1. The van der Waals surface area contributed by atoms with Crippen LogP contribution in [0.25, 0.3) is 0 Å². The van der Waals surface area contributed by atoms with Crippen molar-refractivity contribution in [2.24, 2.45) is 0 Å². The van der Waals surface area contributed by atoms with Crippen molar-refractivity contribution in [3.8, 4) is 5.75 Å². The molecule has 0 spiro atoms. The zero-order chi connectivity index (χ0) is 22.8. The summed E-state index contributed by atoms with van der Waals surface area (Å²) in [6.07, 6.45) is 0.0987. The van der Waals surface area contributed by atoms with Gasteiger partial charge in [0.15, 0.2) is 5.11 Å². The maximum absolute atomic E-state index is 12.0. The zero-order valence-corrected chi connectivity index (χ0v) is 18.5. The van der Waals surface area contributed by atoms with Crippen LogP contribution in [0.2, 0.25) is 0 Å².